The van der Waals surface area contributed by atoms with E-state index in [9.17, 15) is 32.5 Å². The van der Waals surface area contributed by atoms with Crippen molar-refractivity contribution in [2.45, 2.75) is 15.8 Å². The van der Waals surface area contributed by atoms with Crippen LogP contribution in [0.15, 0.2) is 101 Å². The zero-order valence-corrected chi connectivity index (χ0v) is 22.8. The van der Waals surface area contributed by atoms with Crippen LogP contribution in [0.4, 0.5) is 10.1 Å². The molecule has 4 aromatic carbocycles. The van der Waals surface area contributed by atoms with Crippen molar-refractivity contribution in [1.82, 2.24) is 4.72 Å². The molecule has 0 radical (unpaired) electrons. The highest BCUT2D eigenvalue weighted by Crippen LogP contribution is 2.36. The van der Waals surface area contributed by atoms with Gasteiger partial charge in [0, 0.05) is 16.2 Å². The third kappa shape index (κ3) is 6.95. The van der Waals surface area contributed by atoms with Crippen LogP contribution in [0.2, 0.25) is 0 Å². The van der Waals surface area contributed by atoms with E-state index in [1.54, 1.807) is 48.5 Å². The number of hydrogen-bond donors (Lipinski definition) is 3. The van der Waals surface area contributed by atoms with Crippen molar-refractivity contribution in [3.05, 3.63) is 112 Å². The Bertz CT molecular complexity index is 1710. The minimum absolute atomic E-state index is 0.00221. The molecule has 210 valence electrons. The van der Waals surface area contributed by atoms with Gasteiger partial charge in [0.2, 0.25) is 5.91 Å². The maximum absolute atomic E-state index is 13.2. The molecular weight excluding hydrogens is 571 g/mol. The summed E-state index contributed by atoms with van der Waals surface area (Å²) in [6.45, 7) is 0. The molecule has 0 saturated heterocycles. The summed E-state index contributed by atoms with van der Waals surface area (Å²) in [5.74, 6) is -1.79. The summed E-state index contributed by atoms with van der Waals surface area (Å²) in [6, 6.07) is 21.0. The van der Waals surface area contributed by atoms with Gasteiger partial charge in [0.1, 0.15) is 5.82 Å². The van der Waals surface area contributed by atoms with E-state index in [1.165, 1.54) is 48.2 Å². The molecule has 0 spiro atoms. The van der Waals surface area contributed by atoms with Crippen LogP contribution in [0.25, 0.3) is 22.3 Å². The largest absolute Gasteiger partial charge is 0.368 e. The lowest BCUT2D eigenvalue weighted by Crippen LogP contribution is -2.38. The molecule has 0 fully saturated rings. The molecule has 0 unspecified atom stereocenters. The quantitative estimate of drug-likeness (QED) is 0.140. The monoisotopic (exact) mass is 594 g/mol. The normalized spacial score (nSPS) is 12.0. The summed E-state index contributed by atoms with van der Waals surface area (Å²) in [5.41, 5.74) is 11.9. The Balaban J connectivity index is 1.57. The molecule has 13 heteroatoms. The average Bonchev–Trinajstić information content (AvgIpc) is 2.96. The van der Waals surface area contributed by atoms with Crippen LogP contribution in [0.1, 0.15) is 10.4 Å². The highest BCUT2D eigenvalue weighted by Gasteiger charge is 2.31. The average molecular weight is 595 g/mol. The van der Waals surface area contributed by atoms with Crippen molar-refractivity contribution in [1.29, 1.82) is 0 Å². The fourth-order valence-corrected chi connectivity index (χ4v) is 5.89. The number of sulfonamides is 1. The summed E-state index contributed by atoms with van der Waals surface area (Å²) >= 11 is 1.27. The lowest BCUT2D eigenvalue weighted by atomic mass is 10.0. The van der Waals surface area contributed by atoms with E-state index in [0.717, 1.165) is 11.0 Å². The van der Waals surface area contributed by atoms with Gasteiger partial charge in [-0.15, -0.1) is 11.8 Å². The fraction of sp³-hybridized carbons (Fsp3) is 0.0714. The van der Waals surface area contributed by atoms with Crippen LogP contribution >= 0.6 is 11.8 Å². The first kappa shape index (κ1) is 29.4. The van der Waals surface area contributed by atoms with Gasteiger partial charge < -0.3 is 11.5 Å². The Morgan fingerprint density at radius 3 is 2.02 bits per heavy atom. The number of benzene rings is 4. The topological polar surface area (TPSA) is 175 Å². The molecule has 5 N–H and O–H groups in total. The minimum Gasteiger partial charge on any atom is -0.368 e. The van der Waals surface area contributed by atoms with Crippen LogP contribution in [-0.4, -0.2) is 37.0 Å². The predicted molar refractivity (Wildman–Crippen MR) is 153 cm³/mol. The Hall–Kier alpha value is -4.59. The van der Waals surface area contributed by atoms with Gasteiger partial charge >= 0.3 is 0 Å². The Morgan fingerprint density at radius 1 is 0.902 bits per heavy atom. The summed E-state index contributed by atoms with van der Waals surface area (Å²) < 4.78 is 41.4. The number of carbonyl (C=O) groups is 2. The number of amides is 2. The van der Waals surface area contributed by atoms with Gasteiger partial charge in [-0.25, -0.2) is 17.5 Å². The number of primary amides is 1. The number of nitrogens with one attached hydrogen (secondary N) is 1. The number of halogens is 1. The Morgan fingerprint density at radius 2 is 1.46 bits per heavy atom. The second-order valence-corrected chi connectivity index (χ2v) is 11.5. The third-order valence-electron chi connectivity index (χ3n) is 5.98. The van der Waals surface area contributed by atoms with Crippen molar-refractivity contribution >= 4 is 39.3 Å². The van der Waals surface area contributed by atoms with Gasteiger partial charge in [-0.1, -0.05) is 42.5 Å². The van der Waals surface area contributed by atoms with Crippen LogP contribution in [-0.2, 0) is 14.8 Å². The molecule has 0 saturated carbocycles. The molecule has 0 aliphatic rings. The van der Waals surface area contributed by atoms with E-state index in [4.69, 9.17) is 11.5 Å². The van der Waals surface area contributed by atoms with E-state index < -0.39 is 49.2 Å². The Kier molecular flexibility index (Phi) is 8.81. The highest BCUT2D eigenvalue weighted by molar-refractivity contribution is 7.99. The molecular formula is C28H23FN4O6S2. The van der Waals surface area contributed by atoms with E-state index >= 15 is 0 Å². The van der Waals surface area contributed by atoms with Crippen molar-refractivity contribution < 1.29 is 27.3 Å². The molecule has 1 atom stereocenters. The fourth-order valence-electron chi connectivity index (χ4n) is 3.85. The highest BCUT2D eigenvalue weighted by atomic mass is 32.2. The number of carbonyl (C=O) groups excluding carboxylic acids is 2. The first-order valence-corrected chi connectivity index (χ1v) is 14.4. The predicted octanol–water partition coefficient (Wildman–Crippen LogP) is 4.09. The lowest BCUT2D eigenvalue weighted by Gasteiger charge is -2.11. The summed E-state index contributed by atoms with van der Waals surface area (Å²) in [6.07, 6.45) is 0. The van der Waals surface area contributed by atoms with Gasteiger partial charge in [0.25, 0.3) is 21.6 Å². The van der Waals surface area contributed by atoms with Crippen LogP contribution in [0.3, 0.4) is 0 Å². The SMILES string of the molecule is NC(=O)[C@@H](N)CSc1ccc(-c2cccc(S(=O)(=O)NC(=O)c3ccc(-c4ccc(F)cc4)cc3)c2[N+](=O)[O-])cc1. The first-order valence-electron chi connectivity index (χ1n) is 11.9. The van der Waals surface area contributed by atoms with Gasteiger partial charge in [-0.2, -0.15) is 0 Å². The molecule has 0 heterocycles. The van der Waals surface area contributed by atoms with Crippen molar-refractivity contribution in [3.63, 3.8) is 0 Å². The number of hydrogen-bond acceptors (Lipinski definition) is 8. The van der Waals surface area contributed by atoms with Crippen LogP contribution in [0.5, 0.6) is 0 Å². The first-order chi connectivity index (χ1) is 19.5. The summed E-state index contributed by atoms with van der Waals surface area (Å²) in [7, 11) is -4.66. The summed E-state index contributed by atoms with van der Waals surface area (Å²) in [4.78, 5) is 35.2. The standard InChI is InChI=1S/C28H23FN4O6S2/c29-21-12-8-18(9-13-21)17-4-6-20(7-5-17)28(35)32-41(38,39)25-3-1-2-23(26(25)33(36)37)19-10-14-22(15-11-19)40-16-24(30)27(31)34/h1-15,24H,16,30H2,(H2,31,34)(H,32,35)/t24-/m0/s1. The van der Waals surface area contributed by atoms with Crippen molar-refractivity contribution in [2.24, 2.45) is 11.5 Å². The second-order valence-electron chi connectivity index (χ2n) is 8.77. The number of para-hydroxylation sites is 1. The van der Waals surface area contributed by atoms with Crippen LogP contribution in [0, 0.1) is 15.9 Å². The van der Waals surface area contributed by atoms with Crippen LogP contribution < -0.4 is 16.2 Å². The van der Waals surface area contributed by atoms with Gasteiger partial charge in [-0.3, -0.25) is 19.7 Å². The molecule has 4 rings (SSSR count). The zero-order chi connectivity index (χ0) is 29.7. The van der Waals surface area contributed by atoms with Crippen molar-refractivity contribution in [2.75, 3.05) is 5.75 Å². The third-order valence-corrected chi connectivity index (χ3v) is 8.48. The van der Waals surface area contributed by atoms with Gasteiger partial charge in [0.05, 0.1) is 16.5 Å². The molecule has 0 bridgehead atoms. The molecule has 2 amide bonds. The van der Waals surface area contributed by atoms with E-state index in [1.807, 2.05) is 4.72 Å². The molecule has 0 aliphatic carbocycles. The number of nitro groups is 1. The maximum atomic E-state index is 13.2. The maximum Gasteiger partial charge on any atom is 0.297 e. The van der Waals surface area contributed by atoms with E-state index in [-0.39, 0.29) is 16.9 Å². The molecule has 4 aromatic rings. The molecule has 0 aromatic heterocycles. The number of rotatable bonds is 10. The Labute approximate surface area is 238 Å². The molecule has 0 aliphatic heterocycles. The number of thioether (sulfide) groups is 1. The number of nitrogens with two attached hydrogens (primary N) is 2. The number of nitrogens with zero attached hydrogens (tertiary/aromatic N) is 1. The minimum atomic E-state index is -4.66. The smallest absolute Gasteiger partial charge is 0.297 e. The zero-order valence-electron chi connectivity index (χ0n) is 21.2. The second kappa shape index (κ2) is 12.3. The van der Waals surface area contributed by atoms with Crippen molar-refractivity contribution in [3.8, 4) is 22.3 Å². The molecule has 10 nitrogen and oxygen atoms in total. The van der Waals surface area contributed by atoms with Gasteiger partial charge in [0.15, 0.2) is 4.90 Å². The lowest BCUT2D eigenvalue weighted by molar-refractivity contribution is -0.387. The van der Waals surface area contributed by atoms with Gasteiger partial charge in [-0.05, 0) is 65.2 Å². The molecule has 41 heavy (non-hydrogen) atoms. The number of nitro benzene ring substituents is 1. The van der Waals surface area contributed by atoms with E-state index in [0.29, 0.717) is 16.7 Å². The summed E-state index contributed by atoms with van der Waals surface area (Å²) in [5, 5.41) is 12.1. The van der Waals surface area contributed by atoms with E-state index in [2.05, 4.69) is 0 Å².